The molecule has 0 bridgehead atoms. The molecular formula is C12H20N4O2. The fraction of sp³-hybridized carbons (Fsp3) is 0.667. The normalized spacial score (nSPS) is 17.9. The Balaban J connectivity index is 1.68. The number of rotatable bonds is 4. The Kier molecular flexibility index (Phi) is 4.33. The SMILES string of the molecule is Cc1cc(NC(=O)CCN2CCN(C)CC2)no1. The zero-order chi connectivity index (χ0) is 13.0. The highest BCUT2D eigenvalue weighted by atomic mass is 16.5. The van der Waals surface area contributed by atoms with Crippen molar-refractivity contribution >= 4 is 11.7 Å². The fourth-order valence-corrected chi connectivity index (χ4v) is 1.96. The van der Waals surface area contributed by atoms with Crippen molar-refractivity contribution in [1.29, 1.82) is 0 Å². The number of aryl methyl sites for hydroxylation is 1. The summed E-state index contributed by atoms with van der Waals surface area (Å²) in [4.78, 5) is 16.3. The van der Waals surface area contributed by atoms with Crippen LogP contribution in [0.15, 0.2) is 10.6 Å². The number of amides is 1. The maximum absolute atomic E-state index is 11.7. The first-order chi connectivity index (χ1) is 8.63. The van der Waals surface area contributed by atoms with Crippen molar-refractivity contribution in [2.45, 2.75) is 13.3 Å². The van der Waals surface area contributed by atoms with Gasteiger partial charge in [-0.05, 0) is 14.0 Å². The Labute approximate surface area is 107 Å². The summed E-state index contributed by atoms with van der Waals surface area (Å²) in [5, 5.41) is 6.46. The summed E-state index contributed by atoms with van der Waals surface area (Å²) in [6, 6.07) is 1.72. The molecule has 0 atom stereocenters. The van der Waals surface area contributed by atoms with Crippen LogP contribution in [0.1, 0.15) is 12.2 Å². The summed E-state index contributed by atoms with van der Waals surface area (Å²) in [5.41, 5.74) is 0. The van der Waals surface area contributed by atoms with Gasteiger partial charge in [-0.25, -0.2) is 0 Å². The highest BCUT2D eigenvalue weighted by molar-refractivity contribution is 5.89. The van der Waals surface area contributed by atoms with E-state index in [-0.39, 0.29) is 5.91 Å². The van der Waals surface area contributed by atoms with Crippen molar-refractivity contribution in [2.24, 2.45) is 0 Å². The molecule has 0 saturated carbocycles. The van der Waals surface area contributed by atoms with E-state index >= 15 is 0 Å². The smallest absolute Gasteiger partial charge is 0.226 e. The number of carbonyl (C=O) groups is 1. The van der Waals surface area contributed by atoms with Crippen LogP contribution < -0.4 is 5.32 Å². The van der Waals surface area contributed by atoms with Gasteiger partial charge in [-0.2, -0.15) is 0 Å². The summed E-state index contributed by atoms with van der Waals surface area (Å²) < 4.78 is 4.89. The number of likely N-dealkylation sites (N-methyl/N-ethyl adjacent to an activating group) is 1. The van der Waals surface area contributed by atoms with Crippen LogP contribution in [0.3, 0.4) is 0 Å². The molecule has 1 aliphatic heterocycles. The lowest BCUT2D eigenvalue weighted by Gasteiger charge is -2.32. The summed E-state index contributed by atoms with van der Waals surface area (Å²) in [6.07, 6.45) is 0.496. The molecule has 1 N–H and O–H groups in total. The van der Waals surface area contributed by atoms with Gasteiger partial charge in [0.15, 0.2) is 5.82 Å². The van der Waals surface area contributed by atoms with Crippen molar-refractivity contribution in [3.8, 4) is 0 Å². The molecule has 1 fully saturated rings. The van der Waals surface area contributed by atoms with E-state index in [2.05, 4.69) is 27.3 Å². The predicted octanol–water partition coefficient (Wildman–Crippen LogP) is 0.559. The van der Waals surface area contributed by atoms with Gasteiger partial charge in [-0.1, -0.05) is 5.16 Å². The standard InChI is InChI=1S/C12H20N4O2/c1-10-9-11(14-18-10)13-12(17)3-4-16-7-5-15(2)6-8-16/h9H,3-8H2,1-2H3,(H,13,14,17). The maximum Gasteiger partial charge on any atom is 0.226 e. The summed E-state index contributed by atoms with van der Waals surface area (Å²) in [5.74, 6) is 1.18. The van der Waals surface area contributed by atoms with Crippen LogP contribution in [0.2, 0.25) is 0 Å². The van der Waals surface area contributed by atoms with E-state index in [1.165, 1.54) is 0 Å². The first-order valence-corrected chi connectivity index (χ1v) is 6.27. The Morgan fingerprint density at radius 2 is 2.17 bits per heavy atom. The Morgan fingerprint density at radius 3 is 2.78 bits per heavy atom. The third kappa shape index (κ3) is 3.82. The van der Waals surface area contributed by atoms with E-state index in [1.54, 1.807) is 13.0 Å². The number of aromatic nitrogens is 1. The molecule has 100 valence electrons. The second kappa shape index (κ2) is 5.97. The highest BCUT2D eigenvalue weighted by Crippen LogP contribution is 2.07. The zero-order valence-corrected chi connectivity index (χ0v) is 11.0. The molecule has 6 heteroatoms. The molecular weight excluding hydrogens is 232 g/mol. The van der Waals surface area contributed by atoms with E-state index < -0.39 is 0 Å². The van der Waals surface area contributed by atoms with Crippen molar-refractivity contribution in [2.75, 3.05) is 45.1 Å². The molecule has 2 rings (SSSR count). The van der Waals surface area contributed by atoms with Gasteiger partial charge in [0.25, 0.3) is 0 Å². The Hall–Kier alpha value is -1.40. The third-order valence-electron chi connectivity index (χ3n) is 3.15. The van der Waals surface area contributed by atoms with Gasteiger partial charge >= 0.3 is 0 Å². The molecule has 0 spiro atoms. The lowest BCUT2D eigenvalue weighted by atomic mass is 10.3. The number of carbonyl (C=O) groups excluding carboxylic acids is 1. The van der Waals surface area contributed by atoms with Gasteiger partial charge in [0.1, 0.15) is 5.76 Å². The van der Waals surface area contributed by atoms with E-state index in [1.807, 2.05) is 0 Å². The predicted molar refractivity (Wildman–Crippen MR) is 68.4 cm³/mol. The third-order valence-corrected chi connectivity index (χ3v) is 3.15. The minimum atomic E-state index is -0.0118. The Bertz CT molecular complexity index is 397. The quantitative estimate of drug-likeness (QED) is 0.848. The zero-order valence-electron chi connectivity index (χ0n) is 11.0. The van der Waals surface area contributed by atoms with Crippen molar-refractivity contribution in [3.63, 3.8) is 0 Å². The van der Waals surface area contributed by atoms with Crippen LogP contribution in [-0.2, 0) is 4.79 Å². The average molecular weight is 252 g/mol. The summed E-state index contributed by atoms with van der Waals surface area (Å²) in [7, 11) is 2.12. The van der Waals surface area contributed by atoms with E-state index in [0.29, 0.717) is 18.0 Å². The number of hydrogen-bond acceptors (Lipinski definition) is 5. The Morgan fingerprint density at radius 1 is 1.44 bits per heavy atom. The first kappa shape index (κ1) is 13.0. The molecule has 2 heterocycles. The molecule has 6 nitrogen and oxygen atoms in total. The van der Waals surface area contributed by atoms with Crippen LogP contribution >= 0.6 is 0 Å². The van der Waals surface area contributed by atoms with Crippen LogP contribution in [-0.4, -0.2) is 60.6 Å². The lowest BCUT2D eigenvalue weighted by Crippen LogP contribution is -2.45. The molecule has 18 heavy (non-hydrogen) atoms. The van der Waals surface area contributed by atoms with Gasteiger partial charge in [-0.3, -0.25) is 4.79 Å². The molecule has 1 aliphatic rings. The van der Waals surface area contributed by atoms with Crippen molar-refractivity contribution < 1.29 is 9.32 Å². The van der Waals surface area contributed by atoms with Crippen LogP contribution in [0.5, 0.6) is 0 Å². The number of nitrogens with zero attached hydrogens (tertiary/aromatic N) is 3. The van der Waals surface area contributed by atoms with Crippen LogP contribution in [0.25, 0.3) is 0 Å². The molecule has 1 aromatic heterocycles. The first-order valence-electron chi connectivity index (χ1n) is 6.27. The minimum absolute atomic E-state index is 0.0118. The number of nitrogens with one attached hydrogen (secondary N) is 1. The average Bonchev–Trinajstić information content (AvgIpc) is 2.74. The number of anilines is 1. The van der Waals surface area contributed by atoms with Crippen molar-refractivity contribution in [3.05, 3.63) is 11.8 Å². The van der Waals surface area contributed by atoms with Gasteiger partial charge in [0.05, 0.1) is 0 Å². The maximum atomic E-state index is 11.7. The molecule has 1 amide bonds. The minimum Gasteiger partial charge on any atom is -0.360 e. The second-order valence-electron chi connectivity index (χ2n) is 4.77. The molecule has 0 radical (unpaired) electrons. The molecule has 1 aromatic rings. The largest absolute Gasteiger partial charge is 0.360 e. The highest BCUT2D eigenvalue weighted by Gasteiger charge is 2.15. The summed E-state index contributed by atoms with van der Waals surface area (Å²) >= 11 is 0. The number of piperazine rings is 1. The van der Waals surface area contributed by atoms with E-state index in [4.69, 9.17) is 4.52 Å². The van der Waals surface area contributed by atoms with E-state index in [0.717, 1.165) is 32.7 Å². The molecule has 1 saturated heterocycles. The van der Waals surface area contributed by atoms with E-state index in [9.17, 15) is 4.79 Å². The van der Waals surface area contributed by atoms with Crippen molar-refractivity contribution in [1.82, 2.24) is 15.0 Å². The van der Waals surface area contributed by atoms with Crippen LogP contribution in [0, 0.1) is 6.92 Å². The molecule has 0 aromatic carbocycles. The summed E-state index contributed by atoms with van der Waals surface area (Å²) in [6.45, 7) is 6.82. The topological polar surface area (TPSA) is 61.6 Å². The van der Waals surface area contributed by atoms with Gasteiger partial charge in [0, 0.05) is 45.2 Å². The lowest BCUT2D eigenvalue weighted by molar-refractivity contribution is -0.116. The monoisotopic (exact) mass is 252 g/mol. The number of hydrogen-bond donors (Lipinski definition) is 1. The van der Waals surface area contributed by atoms with Gasteiger partial charge in [0.2, 0.25) is 5.91 Å². The van der Waals surface area contributed by atoms with Gasteiger partial charge < -0.3 is 19.6 Å². The van der Waals surface area contributed by atoms with Crippen LogP contribution in [0.4, 0.5) is 5.82 Å². The molecule has 0 aliphatic carbocycles. The second-order valence-corrected chi connectivity index (χ2v) is 4.77. The fourth-order valence-electron chi connectivity index (χ4n) is 1.96. The van der Waals surface area contributed by atoms with Gasteiger partial charge in [-0.15, -0.1) is 0 Å². The molecule has 0 unspecified atom stereocenters.